The summed E-state index contributed by atoms with van der Waals surface area (Å²) in [6, 6.07) is 12.3. The predicted octanol–water partition coefficient (Wildman–Crippen LogP) is 3.27. The second-order valence-electron chi connectivity index (χ2n) is 6.05. The van der Waals surface area contributed by atoms with Gasteiger partial charge in [-0.2, -0.15) is 0 Å². The van der Waals surface area contributed by atoms with Crippen LogP contribution in [0.4, 0.5) is 9.93 Å². The highest BCUT2D eigenvalue weighted by Crippen LogP contribution is 2.24. The number of amides is 1. The van der Waals surface area contributed by atoms with Gasteiger partial charge in [-0.25, -0.2) is 9.78 Å². The second kappa shape index (κ2) is 10.6. The fraction of sp³-hybridized carbons (Fsp3) is 0.100. The highest BCUT2D eigenvalue weighted by Gasteiger charge is 2.17. The molecule has 0 aliphatic heterocycles. The first-order valence-corrected chi connectivity index (χ1v) is 10.8. The van der Waals surface area contributed by atoms with Crippen molar-refractivity contribution in [2.45, 2.75) is 17.7 Å². The summed E-state index contributed by atoms with van der Waals surface area (Å²) in [6.07, 6.45) is 0.0784. The first-order chi connectivity index (χ1) is 15.3. The summed E-state index contributed by atoms with van der Waals surface area (Å²) < 4.78 is 37.0. The third-order valence-electron chi connectivity index (χ3n) is 3.74. The molecule has 1 amide bonds. The zero-order chi connectivity index (χ0) is 23.1. The molecule has 1 heterocycles. The number of hydrogen-bond donors (Lipinski definition) is 1. The number of rotatable bonds is 7. The second-order valence-corrected chi connectivity index (χ2v) is 8.25. The number of esters is 1. The van der Waals surface area contributed by atoms with E-state index in [9.17, 15) is 23.1 Å². The van der Waals surface area contributed by atoms with E-state index < -0.39 is 29.1 Å². The Hall–Kier alpha value is -3.61. The molecular weight excluding hydrogens is 460 g/mol. The molecular formula is C20H15N2O8S2-. The Morgan fingerprint density at radius 2 is 1.81 bits per heavy atom. The maximum absolute atomic E-state index is 12.5. The number of benzene rings is 2. The van der Waals surface area contributed by atoms with E-state index >= 15 is 0 Å². The van der Waals surface area contributed by atoms with Gasteiger partial charge in [0.15, 0.2) is 5.13 Å². The molecule has 166 valence electrons. The minimum Gasteiger partial charge on any atom is -0.768 e. The molecule has 0 radical (unpaired) electrons. The fourth-order valence-corrected chi connectivity index (χ4v) is 3.58. The molecule has 1 aromatic heterocycles. The quantitative estimate of drug-likeness (QED) is 0.235. The van der Waals surface area contributed by atoms with E-state index in [1.54, 1.807) is 36.4 Å². The largest absolute Gasteiger partial charge is 0.768 e. The number of para-hydroxylation sites is 1. The van der Waals surface area contributed by atoms with Crippen molar-refractivity contribution < 1.29 is 37.4 Å². The van der Waals surface area contributed by atoms with Crippen LogP contribution in [0.3, 0.4) is 0 Å². The summed E-state index contributed by atoms with van der Waals surface area (Å²) in [4.78, 5) is 39.3. The van der Waals surface area contributed by atoms with Crippen LogP contribution in [-0.4, -0.2) is 31.8 Å². The lowest BCUT2D eigenvalue weighted by atomic mass is 10.2. The summed E-state index contributed by atoms with van der Waals surface area (Å²) in [7, 11) is 0. The van der Waals surface area contributed by atoms with Crippen molar-refractivity contribution in [3.05, 3.63) is 65.9 Å². The number of anilines is 1. The highest BCUT2D eigenvalue weighted by atomic mass is 32.2. The van der Waals surface area contributed by atoms with Crippen molar-refractivity contribution in [1.82, 2.24) is 4.98 Å². The first-order valence-electron chi connectivity index (χ1n) is 8.89. The molecule has 0 fully saturated rings. The molecule has 1 atom stereocenters. The van der Waals surface area contributed by atoms with Gasteiger partial charge in [0.05, 0.1) is 16.0 Å². The van der Waals surface area contributed by atoms with Gasteiger partial charge in [0.2, 0.25) is 0 Å². The summed E-state index contributed by atoms with van der Waals surface area (Å²) in [6.45, 7) is 1.18. The molecule has 0 aliphatic rings. The maximum Gasteiger partial charge on any atom is 0.514 e. The first kappa shape index (κ1) is 23.1. The van der Waals surface area contributed by atoms with Crippen LogP contribution in [0, 0.1) is 0 Å². The zero-order valence-corrected chi connectivity index (χ0v) is 18.1. The Bertz CT molecular complexity index is 1160. The van der Waals surface area contributed by atoms with Gasteiger partial charge in [-0.3, -0.25) is 19.1 Å². The van der Waals surface area contributed by atoms with Crippen LogP contribution < -0.4 is 14.8 Å². The maximum atomic E-state index is 12.5. The smallest absolute Gasteiger partial charge is 0.514 e. The van der Waals surface area contributed by atoms with E-state index in [0.29, 0.717) is 11.3 Å². The molecule has 0 bridgehead atoms. The van der Waals surface area contributed by atoms with Crippen LogP contribution in [-0.2, 0) is 27.2 Å². The van der Waals surface area contributed by atoms with Crippen molar-refractivity contribution in [2.75, 3.05) is 5.32 Å². The lowest BCUT2D eigenvalue weighted by Gasteiger charge is -2.10. The summed E-state index contributed by atoms with van der Waals surface area (Å²) >= 11 is -1.68. The molecule has 32 heavy (non-hydrogen) atoms. The van der Waals surface area contributed by atoms with Gasteiger partial charge in [-0.15, -0.1) is 0 Å². The normalized spacial score (nSPS) is 11.3. The molecule has 1 unspecified atom stereocenters. The molecule has 10 nitrogen and oxygen atoms in total. The van der Waals surface area contributed by atoms with Crippen molar-refractivity contribution in [1.29, 1.82) is 0 Å². The van der Waals surface area contributed by atoms with Crippen molar-refractivity contribution in [2.24, 2.45) is 0 Å². The van der Waals surface area contributed by atoms with E-state index in [0.717, 1.165) is 17.5 Å². The topological polar surface area (TPSA) is 144 Å². The monoisotopic (exact) mass is 475 g/mol. The van der Waals surface area contributed by atoms with Gasteiger partial charge in [0, 0.05) is 6.92 Å². The van der Waals surface area contributed by atoms with Crippen molar-refractivity contribution in [3.63, 3.8) is 0 Å². The standard InChI is InChI=1S/C20H16N2O8S2/c1-12(23)29-14-8-6-13(7-9-14)11-28-20(25)30-16-5-3-2-4-15(16)18(24)22-19-21-10-17(31-19)32(26)27/h2-10H,11H2,1H3,(H,26,27)(H,21,22,24)/p-1. The summed E-state index contributed by atoms with van der Waals surface area (Å²) in [5.41, 5.74) is 0.648. The molecule has 1 N–H and O–H groups in total. The Labute approximate surface area is 188 Å². The van der Waals surface area contributed by atoms with Gasteiger partial charge < -0.3 is 18.8 Å². The molecule has 0 saturated heterocycles. The lowest BCUT2D eigenvalue weighted by Crippen LogP contribution is -2.16. The van der Waals surface area contributed by atoms with E-state index in [1.165, 1.54) is 19.1 Å². The molecule has 0 saturated carbocycles. The average Bonchev–Trinajstić information content (AvgIpc) is 3.22. The molecule has 0 aliphatic carbocycles. The van der Waals surface area contributed by atoms with Crippen LogP contribution in [0.25, 0.3) is 0 Å². The van der Waals surface area contributed by atoms with Gasteiger partial charge in [0.25, 0.3) is 5.91 Å². The third-order valence-corrected chi connectivity index (χ3v) is 5.54. The van der Waals surface area contributed by atoms with E-state index in [4.69, 9.17) is 14.2 Å². The van der Waals surface area contributed by atoms with Crippen LogP contribution in [0.15, 0.2) is 58.9 Å². The average molecular weight is 475 g/mol. The van der Waals surface area contributed by atoms with Gasteiger partial charge >= 0.3 is 12.1 Å². The number of nitrogens with one attached hydrogen (secondary N) is 1. The molecule has 3 aromatic rings. The number of nitrogens with zero attached hydrogens (tertiary/aromatic N) is 1. The van der Waals surface area contributed by atoms with Gasteiger partial charge in [-0.05, 0) is 40.9 Å². The number of carbonyl (C=O) groups is 3. The van der Waals surface area contributed by atoms with Gasteiger partial charge in [0.1, 0.15) is 18.1 Å². The Balaban J connectivity index is 1.60. The van der Waals surface area contributed by atoms with Gasteiger partial charge in [-0.1, -0.05) is 35.6 Å². The molecule has 12 heteroatoms. The third kappa shape index (κ3) is 6.44. The lowest BCUT2D eigenvalue weighted by molar-refractivity contribution is -0.131. The Morgan fingerprint density at radius 1 is 1.09 bits per heavy atom. The van der Waals surface area contributed by atoms with Crippen LogP contribution >= 0.6 is 11.3 Å². The summed E-state index contributed by atoms with van der Waals surface area (Å²) in [5.74, 6) is -0.787. The van der Waals surface area contributed by atoms with E-state index in [2.05, 4.69) is 10.3 Å². The van der Waals surface area contributed by atoms with Crippen molar-refractivity contribution >= 4 is 45.6 Å². The summed E-state index contributed by atoms with van der Waals surface area (Å²) in [5, 5.41) is 2.52. The fourth-order valence-electron chi connectivity index (χ4n) is 2.38. The number of thiazole rings is 1. The van der Waals surface area contributed by atoms with Crippen LogP contribution in [0.2, 0.25) is 0 Å². The van der Waals surface area contributed by atoms with Crippen molar-refractivity contribution in [3.8, 4) is 11.5 Å². The molecule has 2 aromatic carbocycles. The molecule has 3 rings (SSSR count). The number of ether oxygens (including phenoxy) is 3. The molecule has 0 spiro atoms. The Kier molecular flexibility index (Phi) is 7.65. The van der Waals surface area contributed by atoms with E-state index in [-0.39, 0.29) is 27.3 Å². The van der Waals surface area contributed by atoms with Crippen LogP contribution in [0.5, 0.6) is 11.5 Å². The Morgan fingerprint density at radius 3 is 2.47 bits per heavy atom. The van der Waals surface area contributed by atoms with Crippen LogP contribution in [0.1, 0.15) is 22.8 Å². The zero-order valence-electron chi connectivity index (χ0n) is 16.4. The highest BCUT2D eigenvalue weighted by molar-refractivity contribution is 7.81. The minimum absolute atomic E-state index is 0.0233. The number of aromatic nitrogens is 1. The predicted molar refractivity (Wildman–Crippen MR) is 112 cm³/mol. The minimum atomic E-state index is -2.46. The number of hydrogen-bond acceptors (Lipinski definition) is 10. The SMILES string of the molecule is CC(=O)Oc1ccc(COC(=O)Oc2ccccc2C(=O)Nc2ncc(S(=O)[O-])s2)cc1. The van der Waals surface area contributed by atoms with E-state index in [1.807, 2.05) is 0 Å². The number of carbonyl (C=O) groups excluding carboxylic acids is 3.